The Morgan fingerprint density at radius 1 is 1.20 bits per heavy atom. The highest BCUT2D eigenvalue weighted by molar-refractivity contribution is 5.96. The van der Waals surface area contributed by atoms with Crippen LogP contribution < -0.4 is 10.1 Å². The van der Waals surface area contributed by atoms with Crippen molar-refractivity contribution in [3.8, 4) is 5.75 Å². The van der Waals surface area contributed by atoms with Crippen LogP contribution in [-0.2, 0) is 25.6 Å². The lowest BCUT2D eigenvalue weighted by atomic mass is 10.0. The molecule has 2 aliphatic heterocycles. The van der Waals surface area contributed by atoms with Crippen LogP contribution in [0.3, 0.4) is 0 Å². The highest BCUT2D eigenvalue weighted by atomic mass is 16.7. The Morgan fingerprint density at radius 2 is 1.88 bits per heavy atom. The van der Waals surface area contributed by atoms with E-state index >= 15 is 0 Å². The van der Waals surface area contributed by atoms with Crippen LogP contribution in [-0.4, -0.2) is 55.9 Å². The van der Waals surface area contributed by atoms with Crippen LogP contribution in [0.5, 0.6) is 5.75 Å². The van der Waals surface area contributed by atoms with E-state index in [0.29, 0.717) is 51.4 Å². The third kappa shape index (κ3) is 4.29. The quantitative estimate of drug-likeness (QED) is 0.806. The number of piperidine rings is 1. The minimum atomic E-state index is -0.511. The predicted molar refractivity (Wildman–Crippen MR) is 89.9 cm³/mol. The summed E-state index contributed by atoms with van der Waals surface area (Å²) in [5.41, 5.74) is 0.876. The van der Waals surface area contributed by atoms with E-state index in [1.807, 2.05) is 24.3 Å². The summed E-state index contributed by atoms with van der Waals surface area (Å²) in [7, 11) is 1.59. The first-order valence-corrected chi connectivity index (χ1v) is 8.56. The van der Waals surface area contributed by atoms with Crippen molar-refractivity contribution in [1.82, 2.24) is 10.2 Å². The monoisotopic (exact) mass is 348 g/mol. The molecule has 25 heavy (non-hydrogen) atoms. The molecule has 7 heteroatoms. The van der Waals surface area contributed by atoms with Gasteiger partial charge in [0.1, 0.15) is 12.2 Å². The fraction of sp³-hybridized carbons (Fsp3) is 0.556. The molecular formula is C18H24N2O5. The maximum atomic E-state index is 12.3. The molecule has 2 amide bonds. The van der Waals surface area contributed by atoms with E-state index in [1.165, 1.54) is 0 Å². The van der Waals surface area contributed by atoms with Crippen molar-refractivity contribution in [2.45, 2.75) is 31.6 Å². The van der Waals surface area contributed by atoms with Gasteiger partial charge in [-0.05, 0) is 6.07 Å². The highest BCUT2D eigenvalue weighted by Crippen LogP contribution is 2.31. The van der Waals surface area contributed by atoms with E-state index in [4.69, 9.17) is 14.2 Å². The zero-order valence-electron chi connectivity index (χ0n) is 14.5. The Kier molecular flexibility index (Phi) is 5.55. The molecule has 0 radical (unpaired) electrons. The van der Waals surface area contributed by atoms with Gasteiger partial charge in [0.25, 0.3) is 0 Å². The third-order valence-corrected chi connectivity index (χ3v) is 4.67. The molecule has 2 aliphatic rings. The number of methoxy groups -OCH3 is 1. The fourth-order valence-corrected chi connectivity index (χ4v) is 3.24. The summed E-state index contributed by atoms with van der Waals surface area (Å²) < 4.78 is 16.5. The molecule has 0 saturated carbocycles. The average molecular weight is 348 g/mol. The summed E-state index contributed by atoms with van der Waals surface area (Å²) in [5.74, 6) is -0.245. The zero-order chi connectivity index (χ0) is 17.7. The van der Waals surface area contributed by atoms with Gasteiger partial charge in [-0.2, -0.15) is 0 Å². The summed E-state index contributed by atoms with van der Waals surface area (Å²) in [6.45, 7) is 2.66. The summed E-state index contributed by atoms with van der Waals surface area (Å²) in [6.07, 6.45) is 1.16. The van der Waals surface area contributed by atoms with Gasteiger partial charge in [0, 0.05) is 38.0 Å². The summed E-state index contributed by atoms with van der Waals surface area (Å²) in [5, 5.41) is 2.78. The molecule has 0 atom stereocenters. The van der Waals surface area contributed by atoms with Crippen molar-refractivity contribution in [3.05, 3.63) is 29.8 Å². The largest absolute Gasteiger partial charge is 0.496 e. The van der Waals surface area contributed by atoms with Crippen molar-refractivity contribution >= 4 is 11.8 Å². The molecule has 1 spiro atoms. The Morgan fingerprint density at radius 3 is 2.56 bits per heavy atom. The Bertz CT molecular complexity index is 618. The van der Waals surface area contributed by atoms with Crippen LogP contribution in [0, 0.1) is 0 Å². The second-order valence-electron chi connectivity index (χ2n) is 6.25. The second kappa shape index (κ2) is 7.84. The number of amides is 2. The molecule has 7 nitrogen and oxygen atoms in total. The number of para-hydroxylation sites is 1. The minimum Gasteiger partial charge on any atom is -0.496 e. The first kappa shape index (κ1) is 17.7. The molecule has 2 fully saturated rings. The van der Waals surface area contributed by atoms with E-state index in [9.17, 15) is 9.59 Å². The van der Waals surface area contributed by atoms with Crippen molar-refractivity contribution in [1.29, 1.82) is 0 Å². The molecule has 3 rings (SSSR count). The number of carbonyl (C=O) groups excluding carboxylic acids is 2. The Labute approximate surface area is 147 Å². The molecule has 2 heterocycles. The maximum absolute atomic E-state index is 12.3. The third-order valence-electron chi connectivity index (χ3n) is 4.67. The summed E-state index contributed by atoms with van der Waals surface area (Å²) in [6, 6.07) is 7.47. The maximum Gasteiger partial charge on any atom is 0.232 e. The van der Waals surface area contributed by atoms with Gasteiger partial charge in [-0.1, -0.05) is 18.2 Å². The Balaban J connectivity index is 1.44. The number of carbonyl (C=O) groups is 2. The number of nitrogens with one attached hydrogen (secondary N) is 1. The summed E-state index contributed by atoms with van der Waals surface area (Å²) in [4.78, 5) is 26.1. The molecular weight excluding hydrogens is 324 g/mol. The van der Waals surface area contributed by atoms with Gasteiger partial charge in [-0.3, -0.25) is 9.59 Å². The van der Waals surface area contributed by atoms with Gasteiger partial charge >= 0.3 is 0 Å². The van der Waals surface area contributed by atoms with Gasteiger partial charge < -0.3 is 24.4 Å². The van der Waals surface area contributed by atoms with Crippen molar-refractivity contribution in [2.75, 3.05) is 33.4 Å². The van der Waals surface area contributed by atoms with Crippen LogP contribution in [0.15, 0.2) is 24.3 Å². The topological polar surface area (TPSA) is 77.1 Å². The molecule has 1 aromatic carbocycles. The molecule has 0 bridgehead atoms. The minimum absolute atomic E-state index is 0.149. The molecule has 0 aromatic heterocycles. The molecule has 136 valence electrons. The predicted octanol–water partition coefficient (Wildman–Crippen LogP) is 1.07. The SMILES string of the molecule is COc1ccccc1CNC(=O)CC(=O)N1CCC2(CC1)OCCO2. The number of nitrogens with zero attached hydrogens (tertiary/aromatic N) is 1. The normalized spacial score (nSPS) is 19.0. The molecule has 0 aliphatic carbocycles. The van der Waals surface area contributed by atoms with Gasteiger partial charge in [-0.25, -0.2) is 0 Å². The van der Waals surface area contributed by atoms with Crippen molar-refractivity contribution in [2.24, 2.45) is 0 Å². The number of rotatable bonds is 5. The van der Waals surface area contributed by atoms with E-state index < -0.39 is 5.79 Å². The van der Waals surface area contributed by atoms with Gasteiger partial charge in [0.2, 0.25) is 11.8 Å². The lowest BCUT2D eigenvalue weighted by molar-refractivity contribution is -0.187. The fourth-order valence-electron chi connectivity index (χ4n) is 3.24. The van der Waals surface area contributed by atoms with Crippen LogP contribution in [0.1, 0.15) is 24.8 Å². The van der Waals surface area contributed by atoms with Gasteiger partial charge in [0.05, 0.1) is 20.3 Å². The van der Waals surface area contributed by atoms with Gasteiger partial charge in [-0.15, -0.1) is 0 Å². The number of hydrogen-bond acceptors (Lipinski definition) is 5. The number of benzene rings is 1. The first-order chi connectivity index (χ1) is 12.1. The zero-order valence-corrected chi connectivity index (χ0v) is 14.5. The lowest BCUT2D eigenvalue weighted by Crippen LogP contribution is -2.48. The number of ether oxygens (including phenoxy) is 3. The highest BCUT2D eigenvalue weighted by Gasteiger charge is 2.40. The van der Waals surface area contributed by atoms with Crippen LogP contribution in [0.2, 0.25) is 0 Å². The van der Waals surface area contributed by atoms with Crippen molar-refractivity contribution < 1.29 is 23.8 Å². The number of likely N-dealkylation sites (tertiary alicyclic amines) is 1. The van der Waals surface area contributed by atoms with E-state index in [1.54, 1.807) is 12.0 Å². The summed E-state index contributed by atoms with van der Waals surface area (Å²) >= 11 is 0. The molecule has 2 saturated heterocycles. The van der Waals surface area contributed by atoms with Crippen LogP contribution >= 0.6 is 0 Å². The Hall–Kier alpha value is -2.12. The standard InChI is InChI=1S/C18H24N2O5/c1-23-15-5-3-2-4-14(15)13-19-16(21)12-17(22)20-8-6-18(7-9-20)24-10-11-25-18/h2-5H,6-13H2,1H3,(H,19,21). The first-order valence-electron chi connectivity index (χ1n) is 8.56. The van der Waals surface area contributed by atoms with Crippen LogP contribution in [0.25, 0.3) is 0 Å². The second-order valence-corrected chi connectivity index (χ2v) is 6.25. The van der Waals surface area contributed by atoms with E-state index in [0.717, 1.165) is 5.56 Å². The van der Waals surface area contributed by atoms with E-state index in [-0.39, 0.29) is 18.2 Å². The van der Waals surface area contributed by atoms with Crippen molar-refractivity contribution in [3.63, 3.8) is 0 Å². The lowest BCUT2D eigenvalue weighted by Gasteiger charge is -2.37. The van der Waals surface area contributed by atoms with Gasteiger partial charge in [0.15, 0.2) is 5.79 Å². The van der Waals surface area contributed by atoms with E-state index in [2.05, 4.69) is 5.32 Å². The number of hydrogen-bond donors (Lipinski definition) is 1. The van der Waals surface area contributed by atoms with Crippen LogP contribution in [0.4, 0.5) is 0 Å². The molecule has 1 aromatic rings. The smallest absolute Gasteiger partial charge is 0.232 e. The average Bonchev–Trinajstić information content (AvgIpc) is 3.08. The molecule has 0 unspecified atom stereocenters. The molecule has 1 N–H and O–H groups in total.